The van der Waals surface area contributed by atoms with Crippen molar-refractivity contribution in [1.29, 1.82) is 0 Å². The second kappa shape index (κ2) is 12.7. The van der Waals surface area contributed by atoms with Crippen LogP contribution >= 0.6 is 0 Å². The Balaban J connectivity index is 1.23. The summed E-state index contributed by atoms with van der Waals surface area (Å²) in [6.07, 6.45) is 8.29. The number of aryl methyl sites for hydroxylation is 3. The first-order chi connectivity index (χ1) is 23.6. The number of allylic oxidation sites excluding steroid dienone is 1. The first kappa shape index (κ1) is 29.5. The number of rotatable bonds is 6. The van der Waals surface area contributed by atoms with Gasteiger partial charge < -0.3 is 5.32 Å². The maximum atomic E-state index is 5.15. The molecule has 1 aromatic heterocycles. The molecule has 1 N–H and O–H groups in total. The standard InChI is InChI=1S/C44H36N4/c1-29-12-16-35(17-13-29)42-46-43(36-18-14-30(2)15-19-36)48-44(47-42)39-27-37(31-8-4-3-5-9-31)26-38(28-39)32-20-22-34(23-21-32)41-40-11-7-6-10-33(40)24-25-45-41/h3-5,7-9,11-28,42H,6,10H2,1-2H3,(H,46,47,48). The summed E-state index contributed by atoms with van der Waals surface area (Å²) in [7, 11) is 0. The smallest absolute Gasteiger partial charge is 0.159 e. The average molecular weight is 621 g/mol. The van der Waals surface area contributed by atoms with Crippen molar-refractivity contribution >= 4 is 17.7 Å². The van der Waals surface area contributed by atoms with Crippen LogP contribution in [0.2, 0.25) is 0 Å². The maximum absolute atomic E-state index is 5.15. The number of fused-ring (bicyclic) bond motifs is 1. The number of hydrogen-bond acceptors (Lipinski definition) is 4. The van der Waals surface area contributed by atoms with Gasteiger partial charge in [-0.15, -0.1) is 0 Å². The molecule has 1 atom stereocenters. The molecule has 1 aliphatic carbocycles. The molecule has 0 radical (unpaired) electrons. The van der Waals surface area contributed by atoms with Crippen LogP contribution in [0.1, 0.15) is 51.5 Å². The Hall–Kier alpha value is -5.87. The SMILES string of the molecule is Cc1ccc(C2=NC(c3ccc(C)cc3)NC(c3cc(-c4ccccc4)cc(-c4ccc(-c5nccc6c5C=CCC6)cc4)c3)=N2)cc1. The van der Waals surface area contributed by atoms with E-state index in [9.17, 15) is 0 Å². The van der Waals surface area contributed by atoms with Crippen LogP contribution in [-0.2, 0) is 6.42 Å². The Bertz CT molecular complexity index is 2190. The molecule has 5 aromatic carbocycles. The molecule has 48 heavy (non-hydrogen) atoms. The van der Waals surface area contributed by atoms with Gasteiger partial charge in [0, 0.05) is 28.5 Å². The van der Waals surface area contributed by atoms with Crippen LogP contribution in [0.4, 0.5) is 0 Å². The van der Waals surface area contributed by atoms with Crippen molar-refractivity contribution in [1.82, 2.24) is 10.3 Å². The molecule has 4 heteroatoms. The number of nitrogens with one attached hydrogen (secondary N) is 1. The lowest BCUT2D eigenvalue weighted by atomic mass is 9.92. The van der Waals surface area contributed by atoms with E-state index in [1.54, 1.807) is 0 Å². The first-order valence-electron chi connectivity index (χ1n) is 16.6. The highest BCUT2D eigenvalue weighted by atomic mass is 15.2. The molecule has 4 nitrogen and oxygen atoms in total. The molecule has 6 aromatic rings. The van der Waals surface area contributed by atoms with E-state index >= 15 is 0 Å². The van der Waals surface area contributed by atoms with Crippen molar-refractivity contribution in [3.8, 4) is 33.5 Å². The van der Waals surface area contributed by atoms with Gasteiger partial charge in [-0.1, -0.05) is 126 Å². The second-order valence-corrected chi connectivity index (χ2v) is 12.7. The predicted molar refractivity (Wildman–Crippen MR) is 199 cm³/mol. The molecule has 1 unspecified atom stereocenters. The minimum atomic E-state index is -0.268. The van der Waals surface area contributed by atoms with Gasteiger partial charge in [-0.3, -0.25) is 4.98 Å². The molecule has 0 saturated carbocycles. The van der Waals surface area contributed by atoms with E-state index < -0.39 is 0 Å². The van der Waals surface area contributed by atoms with E-state index in [1.807, 2.05) is 6.20 Å². The zero-order chi connectivity index (χ0) is 32.5. The van der Waals surface area contributed by atoms with Gasteiger partial charge in [-0.05, 0) is 84.3 Å². The molecule has 2 heterocycles. The van der Waals surface area contributed by atoms with Gasteiger partial charge in [-0.2, -0.15) is 0 Å². The fraction of sp³-hybridized carbons (Fsp3) is 0.114. The summed E-state index contributed by atoms with van der Waals surface area (Å²) in [5, 5.41) is 3.68. The molecule has 0 fully saturated rings. The van der Waals surface area contributed by atoms with Gasteiger partial charge in [0.05, 0.1) is 5.69 Å². The van der Waals surface area contributed by atoms with Crippen LogP contribution in [0.15, 0.2) is 150 Å². The van der Waals surface area contributed by atoms with Crippen molar-refractivity contribution in [2.45, 2.75) is 32.9 Å². The lowest BCUT2D eigenvalue weighted by molar-refractivity contribution is 0.674. The van der Waals surface area contributed by atoms with Crippen LogP contribution < -0.4 is 5.32 Å². The lowest BCUT2D eigenvalue weighted by Gasteiger charge is -2.24. The summed E-state index contributed by atoms with van der Waals surface area (Å²) in [4.78, 5) is 15.0. The van der Waals surface area contributed by atoms with Gasteiger partial charge in [-0.25, -0.2) is 9.98 Å². The quantitative estimate of drug-likeness (QED) is 0.201. The van der Waals surface area contributed by atoms with E-state index in [0.29, 0.717) is 0 Å². The second-order valence-electron chi connectivity index (χ2n) is 12.7. The molecule has 1 aliphatic heterocycles. The van der Waals surface area contributed by atoms with Crippen LogP contribution in [0.3, 0.4) is 0 Å². The Morgan fingerprint density at radius 2 is 1.23 bits per heavy atom. The van der Waals surface area contributed by atoms with Crippen LogP contribution in [0, 0.1) is 13.8 Å². The van der Waals surface area contributed by atoms with Crippen molar-refractivity contribution in [2.24, 2.45) is 9.98 Å². The van der Waals surface area contributed by atoms with Crippen LogP contribution in [-0.4, -0.2) is 16.7 Å². The molecule has 232 valence electrons. The van der Waals surface area contributed by atoms with Crippen molar-refractivity contribution in [2.75, 3.05) is 0 Å². The Morgan fingerprint density at radius 1 is 0.604 bits per heavy atom. The van der Waals surface area contributed by atoms with Crippen molar-refractivity contribution < 1.29 is 0 Å². The summed E-state index contributed by atoms with van der Waals surface area (Å²) >= 11 is 0. The minimum Gasteiger partial charge on any atom is -0.344 e. The number of benzene rings is 5. The van der Waals surface area contributed by atoms with Crippen LogP contribution in [0.25, 0.3) is 39.6 Å². The molecule has 2 aliphatic rings. The van der Waals surface area contributed by atoms with Gasteiger partial charge >= 0.3 is 0 Å². The normalized spacial score (nSPS) is 15.2. The number of hydrogen-bond donors (Lipinski definition) is 1. The molecule has 0 bridgehead atoms. The van der Waals surface area contributed by atoms with Gasteiger partial charge in [0.1, 0.15) is 12.0 Å². The van der Waals surface area contributed by atoms with E-state index in [4.69, 9.17) is 15.0 Å². The number of aliphatic imine (C=N–C) groups is 2. The third kappa shape index (κ3) is 6.01. The summed E-state index contributed by atoms with van der Waals surface area (Å²) in [5.74, 6) is 1.52. The Kier molecular flexibility index (Phi) is 7.83. The van der Waals surface area contributed by atoms with Crippen molar-refractivity contribution in [3.63, 3.8) is 0 Å². The molecule has 0 saturated heterocycles. The summed E-state index contributed by atoms with van der Waals surface area (Å²) in [5.41, 5.74) is 14.8. The monoisotopic (exact) mass is 620 g/mol. The van der Waals surface area contributed by atoms with E-state index in [-0.39, 0.29) is 6.17 Å². The zero-order valence-corrected chi connectivity index (χ0v) is 27.2. The predicted octanol–water partition coefficient (Wildman–Crippen LogP) is 10.2. The highest BCUT2D eigenvalue weighted by Gasteiger charge is 2.22. The Morgan fingerprint density at radius 3 is 1.96 bits per heavy atom. The molecule has 0 spiro atoms. The first-order valence-corrected chi connectivity index (χ1v) is 16.6. The summed E-state index contributed by atoms with van der Waals surface area (Å²) < 4.78 is 0. The van der Waals surface area contributed by atoms with Crippen molar-refractivity contribution in [3.05, 3.63) is 179 Å². The van der Waals surface area contributed by atoms with E-state index in [0.717, 1.165) is 74.7 Å². The van der Waals surface area contributed by atoms with E-state index in [2.05, 4.69) is 159 Å². The highest BCUT2D eigenvalue weighted by Crippen LogP contribution is 2.33. The molecular weight excluding hydrogens is 585 g/mol. The van der Waals surface area contributed by atoms with E-state index in [1.165, 1.54) is 22.3 Å². The average Bonchev–Trinajstić information content (AvgIpc) is 3.15. The topological polar surface area (TPSA) is 49.6 Å². The number of amidine groups is 2. The highest BCUT2D eigenvalue weighted by molar-refractivity contribution is 6.13. The summed E-state index contributed by atoms with van der Waals surface area (Å²) in [6, 6.07) is 45.3. The summed E-state index contributed by atoms with van der Waals surface area (Å²) in [6.45, 7) is 4.21. The van der Waals surface area contributed by atoms with Gasteiger partial charge in [0.25, 0.3) is 0 Å². The maximum Gasteiger partial charge on any atom is 0.159 e. The zero-order valence-electron chi connectivity index (χ0n) is 27.2. The number of nitrogens with zero attached hydrogens (tertiary/aromatic N) is 3. The minimum absolute atomic E-state index is 0.268. The van der Waals surface area contributed by atoms with Crippen LogP contribution in [0.5, 0.6) is 0 Å². The molecular formula is C44H36N4. The number of aromatic nitrogens is 1. The van der Waals surface area contributed by atoms with Gasteiger partial charge in [0.15, 0.2) is 5.84 Å². The lowest BCUT2D eigenvalue weighted by Crippen LogP contribution is -2.33. The Labute approximate surface area is 282 Å². The molecule has 0 amide bonds. The third-order valence-electron chi connectivity index (χ3n) is 9.20. The fourth-order valence-corrected chi connectivity index (χ4v) is 6.48. The molecule has 8 rings (SSSR count). The largest absolute Gasteiger partial charge is 0.344 e. The fourth-order valence-electron chi connectivity index (χ4n) is 6.48. The van der Waals surface area contributed by atoms with Gasteiger partial charge in [0.2, 0.25) is 0 Å². The third-order valence-corrected chi connectivity index (χ3v) is 9.20. The number of pyridine rings is 1.